The number of benzene rings is 1. The molecule has 8 nitrogen and oxygen atoms in total. The van der Waals surface area contributed by atoms with Gasteiger partial charge in [0.1, 0.15) is 11.5 Å². The van der Waals surface area contributed by atoms with Crippen molar-refractivity contribution in [3.05, 3.63) is 60.0 Å². The zero-order chi connectivity index (χ0) is 20.4. The van der Waals surface area contributed by atoms with E-state index in [1.165, 1.54) is 0 Å². The lowest BCUT2D eigenvalue weighted by Gasteiger charge is -2.32. The fourth-order valence-corrected chi connectivity index (χ4v) is 3.38. The Morgan fingerprint density at radius 3 is 2.69 bits per heavy atom. The van der Waals surface area contributed by atoms with Crippen LogP contribution < -0.4 is 0 Å². The smallest absolute Gasteiger partial charge is 0.306 e. The van der Waals surface area contributed by atoms with E-state index in [0.717, 1.165) is 11.4 Å². The predicted molar refractivity (Wildman–Crippen MR) is 104 cm³/mol. The summed E-state index contributed by atoms with van der Waals surface area (Å²) in [6.45, 7) is 2.74. The molecule has 0 bridgehead atoms. The van der Waals surface area contributed by atoms with E-state index in [4.69, 9.17) is 14.3 Å². The number of carboxylic acids is 1. The van der Waals surface area contributed by atoms with Crippen LogP contribution in [0, 0.1) is 6.92 Å². The zero-order valence-corrected chi connectivity index (χ0v) is 15.9. The Morgan fingerprint density at radius 1 is 1.21 bits per heavy atom. The molecule has 1 aliphatic heterocycles. The summed E-state index contributed by atoms with van der Waals surface area (Å²) < 4.78 is 12.9. The fourth-order valence-electron chi connectivity index (χ4n) is 3.38. The van der Waals surface area contributed by atoms with Gasteiger partial charge in [-0.15, -0.1) is 0 Å². The predicted octanol–water partition coefficient (Wildman–Crippen LogP) is 2.76. The molecule has 1 fully saturated rings. The monoisotopic (exact) mass is 395 g/mol. The van der Waals surface area contributed by atoms with Gasteiger partial charge in [0.2, 0.25) is 0 Å². The van der Waals surface area contributed by atoms with E-state index in [1.54, 1.807) is 21.8 Å². The molecule has 0 unspecified atom stereocenters. The summed E-state index contributed by atoms with van der Waals surface area (Å²) in [5.41, 5.74) is 1.68. The van der Waals surface area contributed by atoms with E-state index >= 15 is 0 Å². The number of nitrogens with zero attached hydrogens (tertiary/aromatic N) is 3. The van der Waals surface area contributed by atoms with E-state index in [2.05, 4.69) is 5.10 Å². The van der Waals surface area contributed by atoms with Crippen LogP contribution in [0.2, 0.25) is 0 Å². The fraction of sp³-hybridized carbons (Fsp3) is 0.286. The number of ether oxygens (including phenoxy) is 1. The lowest BCUT2D eigenvalue weighted by Crippen LogP contribution is -2.46. The molecule has 1 saturated heterocycles. The SMILES string of the molecule is Cc1ccc(-c2nn(-c3ccccc3)cc2C(=O)N2CCO[C@@H](CC(=O)O)C2)o1. The van der Waals surface area contributed by atoms with Crippen LogP contribution >= 0.6 is 0 Å². The molecule has 150 valence electrons. The molecule has 0 spiro atoms. The number of para-hydroxylation sites is 1. The number of hydrogen-bond acceptors (Lipinski definition) is 5. The van der Waals surface area contributed by atoms with Crippen molar-refractivity contribution >= 4 is 11.9 Å². The second-order valence-electron chi connectivity index (χ2n) is 6.92. The minimum absolute atomic E-state index is 0.142. The highest BCUT2D eigenvalue weighted by Crippen LogP contribution is 2.27. The third-order valence-corrected chi connectivity index (χ3v) is 4.77. The molecule has 0 saturated carbocycles. The molecule has 1 amide bonds. The van der Waals surface area contributed by atoms with E-state index in [1.807, 2.05) is 43.3 Å². The molecule has 3 heterocycles. The molecule has 2 aromatic heterocycles. The topological polar surface area (TPSA) is 97.8 Å². The van der Waals surface area contributed by atoms with Crippen molar-refractivity contribution in [2.24, 2.45) is 0 Å². The first-order chi connectivity index (χ1) is 14.0. The molecule has 3 aromatic rings. The molecule has 4 rings (SSSR count). The number of rotatable bonds is 5. The van der Waals surface area contributed by atoms with Gasteiger partial charge in [0.05, 0.1) is 30.4 Å². The Bertz CT molecular complexity index is 1020. The Morgan fingerprint density at radius 2 is 2.00 bits per heavy atom. The molecule has 0 radical (unpaired) electrons. The largest absolute Gasteiger partial charge is 0.481 e. The van der Waals surface area contributed by atoms with Gasteiger partial charge in [0.15, 0.2) is 5.76 Å². The Hall–Kier alpha value is -3.39. The number of carbonyl (C=O) groups is 2. The summed E-state index contributed by atoms with van der Waals surface area (Å²) in [5, 5.41) is 13.6. The maximum Gasteiger partial charge on any atom is 0.306 e. The Labute approximate surface area is 167 Å². The number of amides is 1. The minimum Gasteiger partial charge on any atom is -0.481 e. The summed E-state index contributed by atoms with van der Waals surface area (Å²) in [4.78, 5) is 25.9. The summed E-state index contributed by atoms with van der Waals surface area (Å²) in [6, 6.07) is 13.1. The first kappa shape index (κ1) is 18.9. The molecule has 1 aliphatic rings. The lowest BCUT2D eigenvalue weighted by atomic mass is 10.1. The van der Waals surface area contributed by atoms with Crippen LogP contribution in [-0.4, -0.2) is 57.5 Å². The lowest BCUT2D eigenvalue weighted by molar-refractivity contribution is -0.141. The quantitative estimate of drug-likeness (QED) is 0.713. The molecule has 0 aliphatic carbocycles. The second kappa shape index (κ2) is 7.92. The van der Waals surface area contributed by atoms with Gasteiger partial charge in [0.25, 0.3) is 5.91 Å². The average molecular weight is 395 g/mol. The van der Waals surface area contributed by atoms with Crippen molar-refractivity contribution in [3.63, 3.8) is 0 Å². The molecule has 8 heteroatoms. The normalized spacial score (nSPS) is 16.7. The van der Waals surface area contributed by atoms with Gasteiger partial charge in [0, 0.05) is 19.3 Å². The molecule has 1 N–H and O–H groups in total. The van der Waals surface area contributed by atoms with E-state index < -0.39 is 12.1 Å². The van der Waals surface area contributed by atoms with Crippen LogP contribution in [0.15, 0.2) is 53.1 Å². The highest BCUT2D eigenvalue weighted by molar-refractivity contribution is 5.99. The summed E-state index contributed by atoms with van der Waals surface area (Å²) in [5.74, 6) is 0.0549. The number of carbonyl (C=O) groups excluding carboxylic acids is 1. The summed E-state index contributed by atoms with van der Waals surface area (Å²) >= 11 is 0. The van der Waals surface area contributed by atoms with Crippen LogP contribution in [0.4, 0.5) is 0 Å². The maximum atomic E-state index is 13.3. The number of aromatic nitrogens is 2. The van der Waals surface area contributed by atoms with Crippen molar-refractivity contribution in [1.82, 2.24) is 14.7 Å². The van der Waals surface area contributed by atoms with Gasteiger partial charge >= 0.3 is 5.97 Å². The highest BCUT2D eigenvalue weighted by Gasteiger charge is 2.30. The number of furan rings is 1. The zero-order valence-electron chi connectivity index (χ0n) is 15.9. The molecular weight excluding hydrogens is 374 g/mol. The maximum absolute atomic E-state index is 13.3. The van der Waals surface area contributed by atoms with E-state index in [-0.39, 0.29) is 18.9 Å². The third-order valence-electron chi connectivity index (χ3n) is 4.77. The number of hydrogen-bond donors (Lipinski definition) is 1. The van der Waals surface area contributed by atoms with Gasteiger partial charge in [-0.25, -0.2) is 4.68 Å². The summed E-state index contributed by atoms with van der Waals surface area (Å²) in [7, 11) is 0. The van der Waals surface area contributed by atoms with Crippen LogP contribution in [-0.2, 0) is 9.53 Å². The van der Waals surface area contributed by atoms with Crippen molar-refractivity contribution in [3.8, 4) is 17.1 Å². The number of aryl methyl sites for hydroxylation is 1. The van der Waals surface area contributed by atoms with Crippen molar-refractivity contribution in [2.45, 2.75) is 19.4 Å². The first-order valence-corrected chi connectivity index (χ1v) is 9.36. The van der Waals surface area contributed by atoms with Gasteiger partial charge in [-0.2, -0.15) is 5.10 Å². The molecule has 1 aromatic carbocycles. The van der Waals surface area contributed by atoms with Gasteiger partial charge < -0.3 is 19.2 Å². The first-order valence-electron chi connectivity index (χ1n) is 9.36. The molecular formula is C21H21N3O5. The molecule has 1 atom stereocenters. The van der Waals surface area contributed by atoms with Crippen LogP contribution in [0.5, 0.6) is 0 Å². The average Bonchev–Trinajstić information content (AvgIpc) is 3.34. The van der Waals surface area contributed by atoms with Crippen molar-refractivity contribution in [2.75, 3.05) is 19.7 Å². The van der Waals surface area contributed by atoms with Crippen LogP contribution in [0.25, 0.3) is 17.1 Å². The number of aliphatic carboxylic acids is 1. The van der Waals surface area contributed by atoms with Crippen molar-refractivity contribution < 1.29 is 23.8 Å². The Balaban J connectivity index is 1.69. The van der Waals surface area contributed by atoms with Gasteiger partial charge in [-0.1, -0.05) is 18.2 Å². The minimum atomic E-state index is -0.951. The second-order valence-corrected chi connectivity index (χ2v) is 6.92. The Kier molecular flexibility index (Phi) is 5.18. The van der Waals surface area contributed by atoms with E-state index in [0.29, 0.717) is 30.2 Å². The molecule has 29 heavy (non-hydrogen) atoms. The third kappa shape index (κ3) is 4.07. The van der Waals surface area contributed by atoms with Gasteiger partial charge in [-0.05, 0) is 31.2 Å². The summed E-state index contributed by atoms with van der Waals surface area (Å²) in [6.07, 6.45) is 1.02. The van der Waals surface area contributed by atoms with Crippen LogP contribution in [0.3, 0.4) is 0 Å². The standard InChI is InChI=1S/C21H21N3O5/c1-14-7-8-18(29-14)20-17(13-24(22-20)15-5-3-2-4-6-15)21(27)23-9-10-28-16(12-23)11-19(25)26/h2-8,13,16H,9-12H2,1H3,(H,25,26)/t16-/m0/s1. The highest BCUT2D eigenvalue weighted by atomic mass is 16.5. The number of carboxylic acid groups (broad SMARTS) is 1. The van der Waals surface area contributed by atoms with Crippen molar-refractivity contribution in [1.29, 1.82) is 0 Å². The van der Waals surface area contributed by atoms with E-state index in [9.17, 15) is 9.59 Å². The van der Waals surface area contributed by atoms with Gasteiger partial charge in [-0.3, -0.25) is 9.59 Å². The van der Waals surface area contributed by atoms with Crippen LogP contribution in [0.1, 0.15) is 22.5 Å². The number of morpholine rings is 1.